The summed E-state index contributed by atoms with van der Waals surface area (Å²) >= 11 is 0. The smallest absolute Gasteiger partial charge is 0.326 e. The number of aromatic nitrogens is 1. The van der Waals surface area contributed by atoms with E-state index in [1.165, 1.54) is 0 Å². The van der Waals surface area contributed by atoms with Crippen molar-refractivity contribution in [3.05, 3.63) is 83.7 Å². The van der Waals surface area contributed by atoms with Gasteiger partial charge in [-0.25, -0.2) is 13.6 Å². The van der Waals surface area contributed by atoms with Crippen LogP contribution >= 0.6 is 0 Å². The van der Waals surface area contributed by atoms with Crippen LogP contribution in [0.4, 0.5) is 8.78 Å². The van der Waals surface area contributed by atoms with Gasteiger partial charge < -0.3 is 30.9 Å². The zero-order valence-electron chi connectivity index (χ0n) is 27.4. The second-order valence-corrected chi connectivity index (χ2v) is 13.0. The van der Waals surface area contributed by atoms with E-state index in [0.29, 0.717) is 12.1 Å². The number of rotatable bonds is 18. The fraction of sp³-hybridized carbons (Fsp3) is 0.429. The van der Waals surface area contributed by atoms with E-state index in [0.717, 1.165) is 29.5 Å². The highest BCUT2D eigenvalue weighted by Gasteiger charge is 2.33. The van der Waals surface area contributed by atoms with E-state index < -0.39 is 65.8 Å². The van der Waals surface area contributed by atoms with Crippen LogP contribution in [-0.2, 0) is 25.7 Å². The number of amides is 1. The third kappa shape index (κ3) is 11.1. The number of aliphatic carboxylic acids is 2. The molecule has 3 atom stereocenters. The number of halogens is 2. The number of aliphatic hydroxyl groups is 1. The van der Waals surface area contributed by atoms with Crippen molar-refractivity contribution in [1.82, 2.24) is 14.8 Å². The Morgan fingerprint density at radius 3 is 2.29 bits per heavy atom. The fourth-order valence-corrected chi connectivity index (χ4v) is 5.47. The maximum Gasteiger partial charge on any atom is 0.326 e. The highest BCUT2D eigenvalue weighted by Crippen LogP contribution is 2.39. The Hall–Kier alpha value is -4.46. The Bertz CT molecular complexity index is 1570. The highest BCUT2D eigenvalue weighted by molar-refractivity contribution is 5.87. The number of hydrogen-bond donors (Lipinski definition) is 5. The summed E-state index contributed by atoms with van der Waals surface area (Å²) in [5, 5.41) is 30.1. The van der Waals surface area contributed by atoms with Gasteiger partial charge in [-0.05, 0) is 48.1 Å². The highest BCUT2D eigenvalue weighted by atomic mass is 19.1. The predicted octanol–water partition coefficient (Wildman–Crippen LogP) is 3.63. The van der Waals surface area contributed by atoms with E-state index >= 15 is 0 Å². The first-order valence-electron chi connectivity index (χ1n) is 15.6. The molecule has 0 aliphatic rings. The van der Waals surface area contributed by atoms with E-state index in [1.54, 1.807) is 11.1 Å². The van der Waals surface area contributed by atoms with Crippen LogP contribution in [0.1, 0.15) is 57.2 Å². The van der Waals surface area contributed by atoms with Crippen molar-refractivity contribution in [2.24, 2.45) is 11.1 Å². The summed E-state index contributed by atoms with van der Waals surface area (Å²) in [4.78, 5) is 49.5. The molecule has 11 nitrogen and oxygen atoms in total. The Balaban J connectivity index is 1.94. The number of nitrogens with two attached hydrogens (primary N) is 1. The lowest BCUT2D eigenvalue weighted by Crippen LogP contribution is -2.50. The fourth-order valence-electron chi connectivity index (χ4n) is 5.47. The lowest BCUT2D eigenvalue weighted by molar-refractivity contribution is -0.143. The molecule has 0 fully saturated rings. The summed E-state index contributed by atoms with van der Waals surface area (Å²) in [5.41, 5.74) is 8.00. The van der Waals surface area contributed by atoms with Crippen LogP contribution < -0.4 is 11.1 Å². The molecular formula is C35H44F2N4O7. The van der Waals surface area contributed by atoms with Gasteiger partial charge in [0.05, 0.1) is 12.6 Å². The minimum atomic E-state index is -1.44. The van der Waals surface area contributed by atoms with Gasteiger partial charge in [0.15, 0.2) is 5.78 Å². The van der Waals surface area contributed by atoms with Gasteiger partial charge in [0, 0.05) is 55.0 Å². The van der Waals surface area contributed by atoms with E-state index in [1.807, 2.05) is 61.7 Å². The van der Waals surface area contributed by atoms with Crippen LogP contribution in [0.2, 0.25) is 0 Å². The standard InChI is InChI=1S/C35H44F2N4O7/c1-35(2,3)27(20-40(19-25(43)21-42)14-13-29(38)33(46)39-30(34(47)48)11-12-32(44)45)31-15-23(26-16-24(36)9-10-28(26)37)18-41(31)17-22-7-5-4-6-8-22/h4-10,15-16,18,27,29-30,42H,11-14,17,19-21,38H2,1-3H3,(H,39,46)(H,44,45)(H,47,48)/t27-,29-,30+/m0/s1. The summed E-state index contributed by atoms with van der Waals surface area (Å²) in [6.45, 7) is 5.94. The van der Waals surface area contributed by atoms with Crippen LogP contribution in [-0.4, -0.2) is 86.7 Å². The lowest BCUT2D eigenvalue weighted by atomic mass is 9.78. The number of nitrogens with one attached hydrogen (secondary N) is 1. The average Bonchev–Trinajstić information content (AvgIpc) is 3.43. The quantitative estimate of drug-likeness (QED) is 0.135. The Labute approximate surface area is 278 Å². The zero-order chi connectivity index (χ0) is 35.6. The number of Topliss-reactive ketones (excluding diaryl/α,β-unsaturated/α-hetero) is 1. The Morgan fingerprint density at radius 2 is 1.69 bits per heavy atom. The predicted molar refractivity (Wildman–Crippen MR) is 175 cm³/mol. The average molecular weight is 671 g/mol. The molecule has 48 heavy (non-hydrogen) atoms. The SMILES string of the molecule is CC(C)(C)[C@@H](CN(CC[C@H](N)C(=O)N[C@H](CCC(=O)O)C(=O)O)CC(=O)CO)c1cc(-c2cc(F)ccc2F)cn1Cc1ccccc1. The molecule has 260 valence electrons. The summed E-state index contributed by atoms with van der Waals surface area (Å²) in [5.74, 6) is -5.33. The minimum absolute atomic E-state index is 0.0114. The molecule has 6 N–H and O–H groups in total. The molecule has 0 saturated heterocycles. The maximum atomic E-state index is 14.9. The third-order valence-electron chi connectivity index (χ3n) is 8.14. The van der Waals surface area contributed by atoms with Crippen molar-refractivity contribution >= 4 is 23.6 Å². The van der Waals surface area contributed by atoms with E-state index in [-0.39, 0.29) is 44.0 Å². The molecule has 13 heteroatoms. The van der Waals surface area contributed by atoms with Crippen molar-refractivity contribution in [2.75, 3.05) is 26.2 Å². The summed E-state index contributed by atoms with van der Waals surface area (Å²) in [6.07, 6.45) is 0.998. The van der Waals surface area contributed by atoms with Gasteiger partial charge in [-0.1, -0.05) is 51.1 Å². The van der Waals surface area contributed by atoms with Crippen LogP contribution in [0.3, 0.4) is 0 Å². The topological polar surface area (TPSA) is 175 Å². The Morgan fingerprint density at radius 1 is 1.00 bits per heavy atom. The van der Waals surface area contributed by atoms with Gasteiger partial charge >= 0.3 is 11.9 Å². The van der Waals surface area contributed by atoms with E-state index in [4.69, 9.17) is 10.8 Å². The molecule has 1 heterocycles. The first kappa shape index (κ1) is 38.0. The van der Waals surface area contributed by atoms with Gasteiger partial charge in [-0.15, -0.1) is 0 Å². The number of carbonyl (C=O) groups is 4. The Kier molecular flexibility index (Phi) is 13.5. The number of carboxylic acid groups (broad SMARTS) is 2. The summed E-state index contributed by atoms with van der Waals surface area (Å²) in [6, 6.07) is 12.1. The van der Waals surface area contributed by atoms with Gasteiger partial charge in [0.25, 0.3) is 0 Å². The molecule has 0 radical (unpaired) electrons. The molecule has 0 saturated carbocycles. The molecule has 1 amide bonds. The minimum Gasteiger partial charge on any atom is -0.481 e. The summed E-state index contributed by atoms with van der Waals surface area (Å²) < 4.78 is 31.1. The van der Waals surface area contributed by atoms with Crippen molar-refractivity contribution in [3.63, 3.8) is 0 Å². The first-order valence-corrected chi connectivity index (χ1v) is 15.6. The van der Waals surface area contributed by atoms with Crippen molar-refractivity contribution in [2.45, 2.75) is 64.6 Å². The van der Waals surface area contributed by atoms with Crippen molar-refractivity contribution in [1.29, 1.82) is 0 Å². The van der Waals surface area contributed by atoms with Crippen molar-refractivity contribution in [3.8, 4) is 11.1 Å². The largest absolute Gasteiger partial charge is 0.481 e. The number of carbonyl (C=O) groups excluding carboxylic acids is 2. The molecule has 0 aliphatic carbocycles. The number of carboxylic acids is 2. The molecule has 2 aromatic carbocycles. The number of benzene rings is 2. The molecule has 0 bridgehead atoms. The molecular weight excluding hydrogens is 626 g/mol. The number of hydrogen-bond acceptors (Lipinski definition) is 7. The maximum absolute atomic E-state index is 14.9. The van der Waals surface area contributed by atoms with Gasteiger partial charge in [0.2, 0.25) is 5.91 Å². The zero-order valence-corrected chi connectivity index (χ0v) is 27.4. The van der Waals surface area contributed by atoms with Crippen LogP contribution in [0.15, 0.2) is 60.8 Å². The van der Waals surface area contributed by atoms with Crippen LogP contribution in [0.25, 0.3) is 11.1 Å². The molecule has 3 aromatic rings. The molecule has 3 rings (SSSR count). The number of ketones is 1. The monoisotopic (exact) mass is 670 g/mol. The molecule has 0 aliphatic heterocycles. The number of nitrogens with zero attached hydrogens (tertiary/aromatic N) is 2. The van der Waals surface area contributed by atoms with Crippen LogP contribution in [0, 0.1) is 17.0 Å². The van der Waals surface area contributed by atoms with Gasteiger partial charge in [-0.2, -0.15) is 0 Å². The van der Waals surface area contributed by atoms with E-state index in [9.17, 15) is 38.2 Å². The first-order chi connectivity index (χ1) is 22.6. The van der Waals surface area contributed by atoms with E-state index in [2.05, 4.69) is 5.32 Å². The molecule has 0 unspecified atom stereocenters. The second kappa shape index (κ2) is 17.1. The van der Waals surface area contributed by atoms with Gasteiger partial charge in [-0.3, -0.25) is 19.3 Å². The second-order valence-electron chi connectivity index (χ2n) is 13.0. The summed E-state index contributed by atoms with van der Waals surface area (Å²) in [7, 11) is 0. The third-order valence-corrected chi connectivity index (χ3v) is 8.14. The van der Waals surface area contributed by atoms with Gasteiger partial charge in [0.1, 0.15) is 24.3 Å². The lowest BCUT2D eigenvalue weighted by Gasteiger charge is -2.36. The molecule has 1 aromatic heterocycles. The normalized spacial score (nSPS) is 13.6. The van der Waals surface area contributed by atoms with Crippen molar-refractivity contribution < 1.29 is 43.3 Å². The van der Waals surface area contributed by atoms with Crippen LogP contribution in [0.5, 0.6) is 0 Å². The number of aliphatic hydroxyl groups excluding tert-OH is 1. The molecule has 0 spiro atoms.